The fraction of sp³-hybridized carbons (Fsp3) is 0.368. The predicted molar refractivity (Wildman–Crippen MR) is 83.8 cm³/mol. The van der Waals surface area contributed by atoms with E-state index in [4.69, 9.17) is 0 Å². The molecule has 0 saturated heterocycles. The Balaban J connectivity index is 2.58. The van der Waals surface area contributed by atoms with E-state index < -0.39 is 5.82 Å². The molecule has 0 amide bonds. The van der Waals surface area contributed by atoms with Crippen LogP contribution in [0.5, 0.6) is 0 Å². The molecule has 0 fully saturated rings. The second-order valence-corrected chi connectivity index (χ2v) is 6.13. The zero-order valence-corrected chi connectivity index (χ0v) is 13.1. The van der Waals surface area contributed by atoms with Crippen molar-refractivity contribution in [2.75, 3.05) is 0 Å². The minimum atomic E-state index is -0.428. The topological polar surface area (TPSA) is 0 Å². The summed E-state index contributed by atoms with van der Waals surface area (Å²) in [6.45, 7) is 7.58. The Labute approximate surface area is 125 Å². The van der Waals surface area contributed by atoms with Crippen LogP contribution in [0.4, 0.5) is 8.78 Å². The Morgan fingerprint density at radius 3 is 2.05 bits per heavy atom. The van der Waals surface area contributed by atoms with Gasteiger partial charge in [0.05, 0.1) is 0 Å². The maximum absolute atomic E-state index is 14.9. The van der Waals surface area contributed by atoms with Gasteiger partial charge in [0, 0.05) is 12.0 Å². The van der Waals surface area contributed by atoms with Crippen molar-refractivity contribution >= 4 is 0 Å². The average molecular weight is 288 g/mol. The molecule has 2 heteroatoms. The van der Waals surface area contributed by atoms with E-state index >= 15 is 0 Å². The van der Waals surface area contributed by atoms with E-state index in [1.807, 2.05) is 58.0 Å². The fourth-order valence-corrected chi connectivity index (χ4v) is 2.72. The van der Waals surface area contributed by atoms with Crippen LogP contribution in [-0.4, -0.2) is 0 Å². The van der Waals surface area contributed by atoms with Gasteiger partial charge in [0.25, 0.3) is 0 Å². The zero-order valence-electron chi connectivity index (χ0n) is 13.1. The van der Waals surface area contributed by atoms with Crippen LogP contribution in [0.2, 0.25) is 0 Å². The summed E-state index contributed by atoms with van der Waals surface area (Å²) in [5.41, 5.74) is 2.63. The van der Waals surface area contributed by atoms with Gasteiger partial charge in [0.2, 0.25) is 0 Å². The molecule has 112 valence electrons. The molecule has 0 spiro atoms. The minimum Gasteiger partial charge on any atom is -0.207 e. The van der Waals surface area contributed by atoms with Crippen molar-refractivity contribution in [2.24, 2.45) is 0 Å². The van der Waals surface area contributed by atoms with Gasteiger partial charge in [-0.1, -0.05) is 58.0 Å². The van der Waals surface area contributed by atoms with E-state index in [1.54, 1.807) is 0 Å². The van der Waals surface area contributed by atoms with Gasteiger partial charge in [0.15, 0.2) is 0 Å². The first-order valence-corrected chi connectivity index (χ1v) is 7.46. The molecule has 2 aromatic rings. The summed E-state index contributed by atoms with van der Waals surface area (Å²) >= 11 is 0. The third-order valence-electron chi connectivity index (χ3n) is 3.81. The van der Waals surface area contributed by atoms with E-state index in [9.17, 15) is 8.78 Å². The van der Waals surface area contributed by atoms with Crippen LogP contribution in [0.25, 0.3) is 0 Å². The Bertz CT molecular complexity index is 613. The summed E-state index contributed by atoms with van der Waals surface area (Å²) in [5, 5.41) is 0. The monoisotopic (exact) mass is 288 g/mol. The predicted octanol–water partition coefficient (Wildman–Crippen LogP) is 5.80. The zero-order chi connectivity index (χ0) is 15.6. The molecule has 0 heterocycles. The van der Waals surface area contributed by atoms with Gasteiger partial charge >= 0.3 is 0 Å². The van der Waals surface area contributed by atoms with E-state index in [0.717, 1.165) is 11.1 Å². The molecule has 0 aliphatic rings. The first-order valence-electron chi connectivity index (χ1n) is 7.46. The average Bonchev–Trinajstić information content (AvgIpc) is 2.42. The first kappa shape index (κ1) is 15.7. The van der Waals surface area contributed by atoms with Gasteiger partial charge in [-0.05, 0) is 34.6 Å². The molecule has 0 aliphatic heterocycles. The van der Waals surface area contributed by atoms with Crippen molar-refractivity contribution in [1.29, 1.82) is 0 Å². The molecule has 0 radical (unpaired) electrons. The van der Waals surface area contributed by atoms with Crippen LogP contribution in [-0.2, 0) is 6.42 Å². The highest BCUT2D eigenvalue weighted by Crippen LogP contribution is 2.32. The largest absolute Gasteiger partial charge is 0.207 e. The summed E-state index contributed by atoms with van der Waals surface area (Å²) in [6.07, 6.45) is 0.500. The molecule has 2 aromatic carbocycles. The minimum absolute atomic E-state index is 0.0916. The second kappa shape index (κ2) is 6.38. The van der Waals surface area contributed by atoms with Crippen molar-refractivity contribution in [3.05, 3.63) is 70.3 Å². The lowest BCUT2D eigenvalue weighted by Crippen LogP contribution is -2.09. The highest BCUT2D eigenvalue weighted by molar-refractivity contribution is 5.41. The second-order valence-electron chi connectivity index (χ2n) is 6.13. The number of benzene rings is 2. The van der Waals surface area contributed by atoms with Crippen molar-refractivity contribution < 1.29 is 8.78 Å². The van der Waals surface area contributed by atoms with Gasteiger partial charge in [0.1, 0.15) is 11.6 Å². The summed E-state index contributed by atoms with van der Waals surface area (Å²) in [4.78, 5) is 0. The van der Waals surface area contributed by atoms with Crippen molar-refractivity contribution in [2.45, 2.75) is 46.0 Å². The Morgan fingerprint density at radius 2 is 1.52 bits per heavy atom. The lowest BCUT2D eigenvalue weighted by atomic mass is 9.88. The lowest BCUT2D eigenvalue weighted by Gasteiger charge is -2.19. The summed E-state index contributed by atoms with van der Waals surface area (Å²) in [7, 11) is 0. The third kappa shape index (κ3) is 3.31. The number of rotatable bonds is 4. The molecule has 0 aromatic heterocycles. The Kier molecular flexibility index (Phi) is 4.76. The maximum atomic E-state index is 14.9. The Morgan fingerprint density at radius 1 is 0.905 bits per heavy atom. The van der Waals surface area contributed by atoms with Crippen molar-refractivity contribution in [3.63, 3.8) is 0 Å². The molecule has 0 saturated carbocycles. The van der Waals surface area contributed by atoms with Crippen LogP contribution < -0.4 is 0 Å². The van der Waals surface area contributed by atoms with Crippen molar-refractivity contribution in [3.8, 4) is 0 Å². The van der Waals surface area contributed by atoms with Crippen LogP contribution in [0.3, 0.4) is 0 Å². The van der Waals surface area contributed by atoms with Crippen LogP contribution in [0, 0.1) is 11.6 Å². The highest BCUT2D eigenvalue weighted by Gasteiger charge is 2.21. The SMILES string of the molecule is CC(C)c1cc(F)c(C(C)C)c(F)c1Cc1ccccc1. The number of halogens is 2. The molecule has 21 heavy (non-hydrogen) atoms. The molecule has 0 N–H and O–H groups in total. The third-order valence-corrected chi connectivity index (χ3v) is 3.81. The van der Waals surface area contributed by atoms with Crippen LogP contribution in [0.15, 0.2) is 36.4 Å². The highest BCUT2D eigenvalue weighted by atomic mass is 19.1. The molecule has 2 rings (SSSR count). The van der Waals surface area contributed by atoms with Crippen LogP contribution >= 0.6 is 0 Å². The van der Waals surface area contributed by atoms with Crippen molar-refractivity contribution in [1.82, 2.24) is 0 Å². The molecular weight excluding hydrogens is 266 g/mol. The summed E-state index contributed by atoms with van der Waals surface area (Å²) < 4.78 is 29.1. The smallest absolute Gasteiger partial charge is 0.133 e. The van der Waals surface area contributed by atoms with E-state index in [0.29, 0.717) is 12.0 Å². The molecule has 0 nitrogen and oxygen atoms in total. The number of hydrogen-bond donors (Lipinski definition) is 0. The normalized spacial score (nSPS) is 11.4. The fourth-order valence-electron chi connectivity index (χ4n) is 2.72. The van der Waals surface area contributed by atoms with E-state index in [2.05, 4.69) is 0 Å². The molecular formula is C19H22F2. The summed E-state index contributed by atoms with van der Waals surface area (Å²) in [5.74, 6) is -0.879. The van der Waals surface area contributed by atoms with Gasteiger partial charge in [-0.2, -0.15) is 0 Å². The quantitative estimate of drug-likeness (QED) is 0.666. The summed E-state index contributed by atoms with van der Waals surface area (Å²) in [6, 6.07) is 11.3. The van der Waals surface area contributed by atoms with Gasteiger partial charge < -0.3 is 0 Å². The first-order chi connectivity index (χ1) is 9.91. The van der Waals surface area contributed by atoms with Gasteiger partial charge in [-0.3, -0.25) is 0 Å². The lowest BCUT2D eigenvalue weighted by molar-refractivity contribution is 0.528. The number of hydrogen-bond acceptors (Lipinski definition) is 0. The van der Waals surface area contributed by atoms with E-state index in [1.165, 1.54) is 6.07 Å². The molecule has 0 atom stereocenters. The van der Waals surface area contributed by atoms with Gasteiger partial charge in [-0.15, -0.1) is 0 Å². The van der Waals surface area contributed by atoms with Gasteiger partial charge in [-0.25, -0.2) is 8.78 Å². The molecule has 0 aliphatic carbocycles. The Hall–Kier alpha value is -1.70. The molecule has 0 unspecified atom stereocenters. The van der Waals surface area contributed by atoms with E-state index in [-0.39, 0.29) is 23.2 Å². The van der Waals surface area contributed by atoms with Crippen LogP contribution in [0.1, 0.15) is 61.8 Å². The maximum Gasteiger partial charge on any atom is 0.133 e. The standard InChI is InChI=1S/C19H22F2/c1-12(2)15-11-17(20)18(13(3)4)19(21)16(15)10-14-8-6-5-7-9-14/h5-9,11-13H,10H2,1-4H3. The molecule has 0 bridgehead atoms.